The Hall–Kier alpha value is -2.13. The normalized spacial score (nSPS) is 23.5. The highest BCUT2D eigenvalue weighted by molar-refractivity contribution is 7.92. The number of aromatic hydroxyl groups is 1. The average Bonchev–Trinajstić information content (AvgIpc) is 3.35. The third-order valence-electron chi connectivity index (χ3n) is 4.81. The number of nitrogens with one attached hydrogen (secondary N) is 1. The molecule has 2 heterocycles. The highest BCUT2D eigenvalue weighted by Crippen LogP contribution is 2.39. The molecule has 3 aliphatic rings. The molecule has 0 spiro atoms. The standard InChI is InChI=1S/C16H18FN3O4S/c17-15-12(10-5-7-19(8-6-10)11-1-2-11)3-4-13(21)16(15)20-9-14(22)18-25(20,23)24/h3-5,11,21H,1-2,6-9H2,(H,18,22). The van der Waals surface area contributed by atoms with Crippen molar-refractivity contribution in [3.05, 3.63) is 29.6 Å². The second kappa shape index (κ2) is 5.70. The number of carbonyl (C=O) groups is 1. The van der Waals surface area contributed by atoms with Gasteiger partial charge in [-0.25, -0.2) is 13.4 Å². The zero-order valence-electron chi connectivity index (χ0n) is 13.4. The molecule has 0 aromatic heterocycles. The van der Waals surface area contributed by atoms with Crippen LogP contribution in [0.5, 0.6) is 5.75 Å². The first kappa shape index (κ1) is 16.3. The van der Waals surface area contributed by atoms with Gasteiger partial charge in [0.2, 0.25) is 0 Å². The predicted molar refractivity (Wildman–Crippen MR) is 89.7 cm³/mol. The lowest BCUT2D eigenvalue weighted by Gasteiger charge is -2.27. The van der Waals surface area contributed by atoms with Crippen LogP contribution in [0, 0.1) is 5.82 Å². The number of nitrogens with zero attached hydrogens (tertiary/aromatic N) is 2. The van der Waals surface area contributed by atoms with Crippen molar-refractivity contribution < 1.29 is 22.7 Å². The van der Waals surface area contributed by atoms with Crippen molar-refractivity contribution in [2.24, 2.45) is 0 Å². The second-order valence-electron chi connectivity index (χ2n) is 6.54. The zero-order chi connectivity index (χ0) is 17.8. The number of phenols is 1. The summed E-state index contributed by atoms with van der Waals surface area (Å²) in [5, 5.41) is 10.0. The van der Waals surface area contributed by atoms with Crippen LogP contribution in [0.1, 0.15) is 24.8 Å². The number of hydrogen-bond donors (Lipinski definition) is 2. The van der Waals surface area contributed by atoms with Crippen LogP contribution in [0.25, 0.3) is 5.57 Å². The maximum atomic E-state index is 15.0. The second-order valence-corrected chi connectivity index (χ2v) is 8.13. The van der Waals surface area contributed by atoms with Gasteiger partial charge in [-0.15, -0.1) is 0 Å². The van der Waals surface area contributed by atoms with Crippen molar-refractivity contribution >= 4 is 27.4 Å². The molecule has 134 valence electrons. The van der Waals surface area contributed by atoms with Crippen molar-refractivity contribution in [1.82, 2.24) is 9.62 Å². The number of rotatable bonds is 3. The van der Waals surface area contributed by atoms with Crippen LogP contribution in [-0.2, 0) is 15.0 Å². The van der Waals surface area contributed by atoms with E-state index >= 15 is 4.39 Å². The van der Waals surface area contributed by atoms with E-state index in [1.807, 2.05) is 6.08 Å². The number of halogens is 1. The summed E-state index contributed by atoms with van der Waals surface area (Å²) in [5.74, 6) is -2.11. The maximum absolute atomic E-state index is 15.0. The van der Waals surface area contributed by atoms with Crippen molar-refractivity contribution in [3.8, 4) is 5.75 Å². The number of anilines is 1. The van der Waals surface area contributed by atoms with Gasteiger partial charge in [0.05, 0.1) is 0 Å². The first-order chi connectivity index (χ1) is 11.9. The quantitative estimate of drug-likeness (QED) is 0.831. The van der Waals surface area contributed by atoms with Gasteiger partial charge in [0, 0.05) is 24.7 Å². The van der Waals surface area contributed by atoms with Crippen molar-refractivity contribution in [2.75, 3.05) is 23.9 Å². The highest BCUT2D eigenvalue weighted by atomic mass is 32.2. The van der Waals surface area contributed by atoms with Gasteiger partial charge < -0.3 is 5.11 Å². The Kier molecular flexibility index (Phi) is 3.73. The molecule has 1 saturated heterocycles. The van der Waals surface area contributed by atoms with Gasteiger partial charge in [-0.05, 0) is 37.0 Å². The van der Waals surface area contributed by atoms with E-state index in [0.717, 1.165) is 18.7 Å². The topological polar surface area (TPSA) is 90.0 Å². The minimum Gasteiger partial charge on any atom is -0.506 e. The molecule has 1 aliphatic carbocycles. The number of carbonyl (C=O) groups excluding carboxylic acids is 1. The lowest BCUT2D eigenvalue weighted by Crippen LogP contribution is -2.31. The van der Waals surface area contributed by atoms with Crippen molar-refractivity contribution in [3.63, 3.8) is 0 Å². The predicted octanol–water partition coefficient (Wildman–Crippen LogP) is 0.964. The summed E-state index contributed by atoms with van der Waals surface area (Å²) in [6.07, 6.45) is 5.01. The molecule has 2 N–H and O–H groups in total. The summed E-state index contributed by atoms with van der Waals surface area (Å²) >= 11 is 0. The monoisotopic (exact) mass is 367 g/mol. The van der Waals surface area contributed by atoms with E-state index in [2.05, 4.69) is 4.90 Å². The molecule has 2 fully saturated rings. The van der Waals surface area contributed by atoms with Gasteiger partial charge >= 0.3 is 10.2 Å². The Morgan fingerprint density at radius 1 is 1.28 bits per heavy atom. The van der Waals surface area contributed by atoms with Crippen LogP contribution in [0.2, 0.25) is 0 Å². The number of amides is 1. The summed E-state index contributed by atoms with van der Waals surface area (Å²) in [7, 11) is -4.19. The molecule has 1 aromatic carbocycles. The molecular weight excluding hydrogens is 349 g/mol. The van der Waals surface area contributed by atoms with Crippen LogP contribution < -0.4 is 9.03 Å². The fraction of sp³-hybridized carbons (Fsp3) is 0.438. The van der Waals surface area contributed by atoms with E-state index in [1.54, 1.807) is 4.72 Å². The van der Waals surface area contributed by atoms with Gasteiger partial charge in [-0.1, -0.05) is 6.08 Å². The lowest BCUT2D eigenvalue weighted by atomic mass is 9.98. The Bertz CT molecular complexity index is 880. The number of hydrogen-bond acceptors (Lipinski definition) is 5. The fourth-order valence-corrected chi connectivity index (χ4v) is 4.55. The molecule has 0 bridgehead atoms. The zero-order valence-corrected chi connectivity index (χ0v) is 14.2. The summed E-state index contributed by atoms with van der Waals surface area (Å²) in [4.78, 5) is 13.7. The molecule has 0 radical (unpaired) electrons. The van der Waals surface area contributed by atoms with E-state index in [0.29, 0.717) is 16.8 Å². The van der Waals surface area contributed by atoms with E-state index < -0.39 is 39.9 Å². The first-order valence-corrected chi connectivity index (χ1v) is 9.59. The van der Waals surface area contributed by atoms with Gasteiger partial charge in [0.1, 0.15) is 18.0 Å². The average molecular weight is 367 g/mol. The van der Waals surface area contributed by atoms with Gasteiger partial charge in [-0.2, -0.15) is 8.42 Å². The van der Waals surface area contributed by atoms with Crippen molar-refractivity contribution in [1.29, 1.82) is 0 Å². The Labute approximate surface area is 144 Å². The van der Waals surface area contributed by atoms with Crippen LogP contribution in [0.3, 0.4) is 0 Å². The minimum atomic E-state index is -4.19. The van der Waals surface area contributed by atoms with E-state index in [4.69, 9.17) is 0 Å². The smallest absolute Gasteiger partial charge is 0.326 e. The molecule has 9 heteroatoms. The molecule has 1 amide bonds. The summed E-state index contributed by atoms with van der Waals surface area (Å²) in [6.45, 7) is 1.01. The number of phenolic OH excluding ortho intramolecular Hbond substituents is 1. The van der Waals surface area contributed by atoms with Crippen LogP contribution in [-0.4, -0.2) is 50.0 Å². The van der Waals surface area contributed by atoms with E-state index in [9.17, 15) is 18.3 Å². The van der Waals surface area contributed by atoms with Crippen LogP contribution in [0.4, 0.5) is 10.1 Å². The SMILES string of the molecule is O=C1CN(c2c(O)ccc(C3=CCN(C4CC4)CC3)c2F)S(=O)(=O)N1. The van der Waals surface area contributed by atoms with Gasteiger partial charge in [0.15, 0.2) is 5.82 Å². The Morgan fingerprint density at radius 2 is 2.04 bits per heavy atom. The molecule has 1 saturated carbocycles. The summed E-state index contributed by atoms with van der Waals surface area (Å²) in [6, 6.07) is 3.34. The fourth-order valence-electron chi connectivity index (χ4n) is 3.39. The first-order valence-electron chi connectivity index (χ1n) is 8.15. The molecule has 0 unspecified atom stereocenters. The van der Waals surface area contributed by atoms with Crippen LogP contribution in [0.15, 0.2) is 18.2 Å². The molecular formula is C16H18FN3O4S. The number of benzene rings is 1. The Morgan fingerprint density at radius 3 is 2.60 bits per heavy atom. The molecule has 25 heavy (non-hydrogen) atoms. The molecule has 0 atom stereocenters. The van der Waals surface area contributed by atoms with Gasteiger partial charge in [-0.3, -0.25) is 9.69 Å². The van der Waals surface area contributed by atoms with Crippen LogP contribution >= 0.6 is 0 Å². The molecule has 7 nitrogen and oxygen atoms in total. The Balaban J connectivity index is 1.70. The molecule has 1 aromatic rings. The molecule has 2 aliphatic heterocycles. The van der Waals surface area contributed by atoms with Crippen molar-refractivity contribution in [2.45, 2.75) is 25.3 Å². The minimum absolute atomic E-state index is 0.262. The summed E-state index contributed by atoms with van der Waals surface area (Å²) < 4.78 is 41.4. The third-order valence-corrected chi connectivity index (χ3v) is 6.19. The summed E-state index contributed by atoms with van der Waals surface area (Å²) in [5.41, 5.74) is 0.561. The van der Waals surface area contributed by atoms with Gasteiger partial charge in [0.25, 0.3) is 5.91 Å². The maximum Gasteiger partial charge on any atom is 0.326 e. The lowest BCUT2D eigenvalue weighted by molar-refractivity contribution is -0.117. The third kappa shape index (κ3) is 2.87. The van der Waals surface area contributed by atoms with E-state index in [-0.39, 0.29) is 5.56 Å². The van der Waals surface area contributed by atoms with E-state index in [1.165, 1.54) is 25.0 Å². The largest absolute Gasteiger partial charge is 0.506 e. The molecule has 4 rings (SSSR count). The highest BCUT2D eigenvalue weighted by Gasteiger charge is 2.38.